The van der Waals surface area contributed by atoms with Gasteiger partial charge >= 0.3 is 0 Å². The van der Waals surface area contributed by atoms with Crippen LogP contribution in [0.25, 0.3) is 22.2 Å². The first kappa shape index (κ1) is 17.6. The first-order valence-corrected chi connectivity index (χ1v) is 10.2. The first-order chi connectivity index (χ1) is 13.6. The molecule has 2 unspecified atom stereocenters. The van der Waals surface area contributed by atoms with Crippen LogP contribution < -0.4 is 4.74 Å². The van der Waals surface area contributed by atoms with Gasteiger partial charge < -0.3 is 14.6 Å². The Hall–Kier alpha value is -2.53. The van der Waals surface area contributed by atoms with E-state index < -0.39 is 6.10 Å². The highest BCUT2D eigenvalue weighted by molar-refractivity contribution is 6.31. The molecule has 1 saturated heterocycles. The molecule has 4 heterocycles. The predicted molar refractivity (Wildman–Crippen MR) is 110 cm³/mol. The Morgan fingerprint density at radius 1 is 1.29 bits per heavy atom. The van der Waals surface area contributed by atoms with Crippen molar-refractivity contribution in [2.24, 2.45) is 0 Å². The number of hydrogen-bond acceptors (Lipinski definition) is 3. The molecule has 2 aliphatic heterocycles. The Morgan fingerprint density at radius 3 is 3.04 bits per heavy atom. The number of aromatic nitrogens is 2. The number of benzene rings is 1. The first-order valence-electron chi connectivity index (χ1n) is 9.84. The molecular formula is C22H22ClN3O2. The Morgan fingerprint density at radius 2 is 2.18 bits per heavy atom. The van der Waals surface area contributed by atoms with Crippen molar-refractivity contribution in [3.05, 3.63) is 47.2 Å². The highest BCUT2D eigenvalue weighted by atomic mass is 35.5. The maximum Gasteiger partial charge on any atom is 0.264 e. The van der Waals surface area contributed by atoms with Crippen molar-refractivity contribution in [1.29, 1.82) is 0 Å². The van der Waals surface area contributed by atoms with E-state index in [4.69, 9.17) is 16.3 Å². The van der Waals surface area contributed by atoms with Crippen LogP contribution >= 0.6 is 11.6 Å². The topological polar surface area (TPSA) is 58.2 Å². The van der Waals surface area contributed by atoms with Crippen LogP contribution in [-0.2, 0) is 11.2 Å². The Balaban J connectivity index is 1.52. The predicted octanol–water partition coefficient (Wildman–Crippen LogP) is 4.59. The number of rotatable bonds is 2. The molecule has 2 aliphatic rings. The molecule has 0 radical (unpaired) electrons. The molecule has 6 heteroatoms. The van der Waals surface area contributed by atoms with Gasteiger partial charge in [0.15, 0.2) is 6.10 Å². The number of nitrogens with zero attached hydrogens (tertiary/aromatic N) is 2. The second-order valence-electron chi connectivity index (χ2n) is 7.73. The van der Waals surface area contributed by atoms with E-state index in [-0.39, 0.29) is 11.9 Å². The monoisotopic (exact) mass is 395 g/mol. The van der Waals surface area contributed by atoms with E-state index in [1.807, 2.05) is 35.4 Å². The molecule has 1 amide bonds. The van der Waals surface area contributed by atoms with Crippen molar-refractivity contribution >= 4 is 28.5 Å². The van der Waals surface area contributed by atoms with Crippen LogP contribution in [-0.4, -0.2) is 39.5 Å². The lowest BCUT2D eigenvalue weighted by atomic mass is 9.98. The van der Waals surface area contributed by atoms with E-state index in [9.17, 15) is 4.79 Å². The fraction of sp³-hybridized carbons (Fsp3) is 0.364. The molecule has 144 valence electrons. The van der Waals surface area contributed by atoms with Gasteiger partial charge in [0.1, 0.15) is 11.4 Å². The van der Waals surface area contributed by atoms with Crippen LogP contribution in [0.2, 0.25) is 5.02 Å². The summed E-state index contributed by atoms with van der Waals surface area (Å²) in [7, 11) is 0. The number of piperidine rings is 1. The zero-order valence-corrected chi connectivity index (χ0v) is 16.5. The maximum atomic E-state index is 13.1. The van der Waals surface area contributed by atoms with Crippen molar-refractivity contribution < 1.29 is 9.53 Å². The minimum atomic E-state index is -0.476. The number of hydrogen-bond donors (Lipinski definition) is 1. The fourth-order valence-corrected chi connectivity index (χ4v) is 4.71. The van der Waals surface area contributed by atoms with Gasteiger partial charge in [-0.1, -0.05) is 11.6 Å². The van der Waals surface area contributed by atoms with Crippen molar-refractivity contribution in [3.8, 4) is 16.9 Å². The molecular weight excluding hydrogens is 374 g/mol. The molecule has 2 atom stereocenters. The number of halogens is 1. The summed E-state index contributed by atoms with van der Waals surface area (Å²) in [6.07, 6.45) is 7.04. The standard InChI is InChI=1S/C22H22ClN3O2/c1-13-4-2-3-9-26(13)22(27)19-11-14-10-15(23)12-18(20(14)28-19)16-5-7-24-21-17(16)6-8-25-21/h5-8,10,12-13,19H,2-4,9,11H2,1H3,(H,24,25). The van der Waals surface area contributed by atoms with E-state index in [0.717, 1.165) is 52.9 Å². The van der Waals surface area contributed by atoms with Gasteiger partial charge in [-0.25, -0.2) is 4.98 Å². The molecule has 5 nitrogen and oxygen atoms in total. The molecule has 1 N–H and O–H groups in total. The molecule has 0 aliphatic carbocycles. The summed E-state index contributed by atoms with van der Waals surface area (Å²) in [5, 5.41) is 1.66. The smallest absolute Gasteiger partial charge is 0.264 e. The average molecular weight is 396 g/mol. The number of H-pyrrole nitrogens is 1. The quantitative estimate of drug-likeness (QED) is 0.690. The summed E-state index contributed by atoms with van der Waals surface area (Å²) in [5.74, 6) is 0.855. The minimum Gasteiger partial charge on any atom is -0.479 e. The third-order valence-corrected chi connectivity index (χ3v) is 6.13. The van der Waals surface area contributed by atoms with Crippen molar-refractivity contribution in [3.63, 3.8) is 0 Å². The number of amides is 1. The van der Waals surface area contributed by atoms with Gasteiger partial charge in [0.2, 0.25) is 0 Å². The SMILES string of the molecule is CC1CCCCN1C(=O)C1Cc2cc(Cl)cc(-c3ccnc4[nH]ccc34)c2O1. The fourth-order valence-electron chi connectivity index (χ4n) is 4.47. The number of fused-ring (bicyclic) bond motifs is 2. The number of carbonyl (C=O) groups is 1. The zero-order valence-electron chi connectivity index (χ0n) is 15.7. The van der Waals surface area contributed by atoms with E-state index in [1.165, 1.54) is 6.42 Å². The number of nitrogens with one attached hydrogen (secondary N) is 1. The van der Waals surface area contributed by atoms with Gasteiger partial charge in [0.05, 0.1) is 0 Å². The second kappa shape index (κ2) is 6.82. The van der Waals surface area contributed by atoms with Gasteiger partial charge in [-0.05, 0) is 56.0 Å². The number of carbonyl (C=O) groups excluding carboxylic acids is 1. The van der Waals surface area contributed by atoms with E-state index in [0.29, 0.717) is 11.4 Å². The van der Waals surface area contributed by atoms with Crippen molar-refractivity contribution in [2.75, 3.05) is 6.54 Å². The highest BCUT2D eigenvalue weighted by Crippen LogP contribution is 2.43. The van der Waals surface area contributed by atoms with Crippen LogP contribution in [0.15, 0.2) is 36.7 Å². The summed E-state index contributed by atoms with van der Waals surface area (Å²) in [6.45, 7) is 2.94. The van der Waals surface area contributed by atoms with Crippen LogP contribution in [0.1, 0.15) is 31.7 Å². The number of likely N-dealkylation sites (tertiary alicyclic amines) is 1. The summed E-state index contributed by atoms with van der Waals surface area (Å²) in [6, 6.07) is 8.07. The summed E-state index contributed by atoms with van der Waals surface area (Å²) in [4.78, 5) is 22.6. The van der Waals surface area contributed by atoms with Gasteiger partial charge in [0.25, 0.3) is 5.91 Å². The number of aromatic amines is 1. The van der Waals surface area contributed by atoms with E-state index in [1.54, 1.807) is 6.20 Å². The van der Waals surface area contributed by atoms with E-state index in [2.05, 4.69) is 16.9 Å². The molecule has 0 saturated carbocycles. The zero-order chi connectivity index (χ0) is 19.3. The maximum absolute atomic E-state index is 13.1. The molecule has 0 bridgehead atoms. The van der Waals surface area contributed by atoms with Gasteiger partial charge in [-0.3, -0.25) is 4.79 Å². The van der Waals surface area contributed by atoms with Crippen LogP contribution in [0, 0.1) is 0 Å². The third kappa shape index (κ3) is 2.85. The average Bonchev–Trinajstić information content (AvgIpc) is 3.33. The van der Waals surface area contributed by atoms with Gasteiger partial charge in [0, 0.05) is 52.9 Å². The third-order valence-electron chi connectivity index (χ3n) is 5.91. The lowest BCUT2D eigenvalue weighted by Crippen LogP contribution is -2.48. The number of pyridine rings is 1. The molecule has 2 aromatic heterocycles. The molecule has 3 aromatic rings. The lowest BCUT2D eigenvalue weighted by molar-refractivity contribution is -0.141. The van der Waals surface area contributed by atoms with Crippen molar-refractivity contribution in [2.45, 2.75) is 44.8 Å². The Kier molecular flexibility index (Phi) is 4.27. The summed E-state index contributed by atoms with van der Waals surface area (Å²) in [5.41, 5.74) is 3.73. The molecule has 28 heavy (non-hydrogen) atoms. The molecule has 1 fully saturated rings. The summed E-state index contributed by atoms with van der Waals surface area (Å²) < 4.78 is 6.26. The molecule has 0 spiro atoms. The molecule has 1 aromatic carbocycles. The van der Waals surface area contributed by atoms with Crippen molar-refractivity contribution in [1.82, 2.24) is 14.9 Å². The minimum absolute atomic E-state index is 0.0898. The lowest BCUT2D eigenvalue weighted by Gasteiger charge is -2.34. The van der Waals surface area contributed by atoms with Crippen LogP contribution in [0.5, 0.6) is 5.75 Å². The summed E-state index contributed by atoms with van der Waals surface area (Å²) >= 11 is 6.43. The van der Waals surface area contributed by atoms with Gasteiger partial charge in [-0.15, -0.1) is 0 Å². The number of ether oxygens (including phenoxy) is 1. The highest BCUT2D eigenvalue weighted by Gasteiger charge is 2.36. The normalized spacial score (nSPS) is 21.6. The van der Waals surface area contributed by atoms with Crippen LogP contribution in [0.4, 0.5) is 0 Å². The largest absolute Gasteiger partial charge is 0.479 e. The Bertz CT molecular complexity index is 1060. The van der Waals surface area contributed by atoms with E-state index >= 15 is 0 Å². The van der Waals surface area contributed by atoms with Crippen LogP contribution in [0.3, 0.4) is 0 Å². The molecule has 5 rings (SSSR count). The second-order valence-corrected chi connectivity index (χ2v) is 8.16. The van der Waals surface area contributed by atoms with Gasteiger partial charge in [-0.2, -0.15) is 0 Å². The Labute approximate surface area is 168 Å².